The van der Waals surface area contributed by atoms with Crippen molar-refractivity contribution in [3.63, 3.8) is 0 Å². The fourth-order valence-corrected chi connectivity index (χ4v) is 4.05. The largest absolute Gasteiger partial charge is 0.396 e. The summed E-state index contributed by atoms with van der Waals surface area (Å²) in [4.78, 5) is 17.1. The summed E-state index contributed by atoms with van der Waals surface area (Å²) in [7, 11) is 0. The number of imidazole rings is 1. The van der Waals surface area contributed by atoms with Crippen LogP contribution in [0.1, 0.15) is 41.9 Å². The minimum atomic E-state index is -0.0706. The number of carbonyl (C=O) groups excluding carboxylic acids is 1. The van der Waals surface area contributed by atoms with Gasteiger partial charge in [-0.3, -0.25) is 9.20 Å². The Labute approximate surface area is 147 Å². The maximum atomic E-state index is 12.7. The smallest absolute Gasteiger partial charge is 0.268 e. The number of nitrogens with one attached hydrogen (secondary N) is 1. The van der Waals surface area contributed by atoms with Crippen LogP contribution in [0.2, 0.25) is 0 Å². The molecule has 1 saturated carbocycles. The van der Waals surface area contributed by atoms with Crippen molar-refractivity contribution >= 4 is 11.6 Å². The number of aliphatic hydroxyl groups is 1. The Morgan fingerprint density at radius 2 is 2.32 bits per heavy atom. The molecule has 130 valence electrons. The standard InChI is InChI=1S/C20H23N3O2/c24-8-7-17-13-23-18(5-2-6-19(23)22-17)20(25)21-12-16-10-14-3-1-4-15(9-14)11-16/h1-2,5-6,13-14,16,24H,3,7-12H2,(H,21,25). The van der Waals surface area contributed by atoms with Gasteiger partial charge in [0.05, 0.1) is 5.69 Å². The van der Waals surface area contributed by atoms with Gasteiger partial charge in [-0.05, 0) is 61.3 Å². The van der Waals surface area contributed by atoms with E-state index in [0.29, 0.717) is 24.6 Å². The second-order valence-corrected chi connectivity index (χ2v) is 7.12. The van der Waals surface area contributed by atoms with Crippen LogP contribution in [-0.2, 0) is 6.42 Å². The molecule has 2 unspecified atom stereocenters. The third kappa shape index (κ3) is 3.39. The molecule has 2 aromatic rings. The zero-order chi connectivity index (χ0) is 17.2. The monoisotopic (exact) mass is 337 g/mol. The van der Waals surface area contributed by atoms with Crippen molar-refractivity contribution in [3.05, 3.63) is 53.2 Å². The van der Waals surface area contributed by atoms with E-state index in [0.717, 1.165) is 30.1 Å². The number of carbonyl (C=O) groups is 1. The van der Waals surface area contributed by atoms with Crippen molar-refractivity contribution in [1.82, 2.24) is 14.7 Å². The van der Waals surface area contributed by atoms with Gasteiger partial charge in [0.1, 0.15) is 11.3 Å². The Morgan fingerprint density at radius 3 is 3.16 bits per heavy atom. The topological polar surface area (TPSA) is 66.6 Å². The van der Waals surface area contributed by atoms with Crippen LogP contribution in [-0.4, -0.2) is 33.6 Å². The molecule has 1 fully saturated rings. The number of aromatic nitrogens is 2. The Morgan fingerprint density at radius 1 is 1.40 bits per heavy atom. The first-order chi connectivity index (χ1) is 12.2. The van der Waals surface area contributed by atoms with Gasteiger partial charge >= 0.3 is 0 Å². The third-order valence-corrected chi connectivity index (χ3v) is 5.19. The molecule has 0 spiro atoms. The van der Waals surface area contributed by atoms with Crippen molar-refractivity contribution in [2.45, 2.75) is 32.1 Å². The van der Waals surface area contributed by atoms with E-state index < -0.39 is 0 Å². The Bertz CT molecular complexity index is 861. The normalized spacial score (nSPS) is 22.0. The zero-order valence-corrected chi connectivity index (χ0v) is 14.2. The molecule has 2 N–H and O–H groups in total. The molecule has 2 bridgehead atoms. The highest BCUT2D eigenvalue weighted by Gasteiger charge is 2.26. The molecule has 2 aromatic heterocycles. The summed E-state index contributed by atoms with van der Waals surface area (Å²) < 4.78 is 1.81. The minimum Gasteiger partial charge on any atom is -0.396 e. The van der Waals surface area contributed by atoms with Crippen LogP contribution in [0.4, 0.5) is 0 Å². The lowest BCUT2D eigenvalue weighted by molar-refractivity contribution is 0.0936. The molecule has 0 aliphatic heterocycles. The summed E-state index contributed by atoms with van der Waals surface area (Å²) in [6.07, 6.45) is 9.03. The molecule has 25 heavy (non-hydrogen) atoms. The van der Waals surface area contributed by atoms with Gasteiger partial charge < -0.3 is 10.4 Å². The molecule has 5 nitrogen and oxygen atoms in total. The van der Waals surface area contributed by atoms with Crippen LogP contribution >= 0.6 is 0 Å². The summed E-state index contributed by atoms with van der Waals surface area (Å²) in [5.41, 5.74) is 6.91. The van der Waals surface area contributed by atoms with Gasteiger partial charge in [0.15, 0.2) is 0 Å². The molecule has 5 heteroatoms. The summed E-state index contributed by atoms with van der Waals surface area (Å²) in [6.45, 7) is 0.758. The van der Waals surface area contributed by atoms with Crippen LogP contribution in [0.15, 0.2) is 41.8 Å². The van der Waals surface area contributed by atoms with Crippen LogP contribution in [0, 0.1) is 11.8 Å². The predicted molar refractivity (Wildman–Crippen MR) is 95.4 cm³/mol. The van der Waals surface area contributed by atoms with Gasteiger partial charge in [-0.25, -0.2) is 4.98 Å². The van der Waals surface area contributed by atoms with E-state index in [1.54, 1.807) is 4.40 Å². The SMILES string of the molecule is O=C(NCC1CC2=C=CCC(C2)C1)c1cccc2nc(CCO)cn12. The molecular formula is C20H23N3O2. The fraction of sp³-hybridized carbons (Fsp3) is 0.450. The van der Waals surface area contributed by atoms with Crippen LogP contribution in [0.25, 0.3) is 5.65 Å². The summed E-state index contributed by atoms with van der Waals surface area (Å²) in [5, 5.41) is 12.2. The molecule has 1 amide bonds. The molecule has 4 rings (SSSR count). The summed E-state index contributed by atoms with van der Waals surface area (Å²) in [5.74, 6) is 1.16. The van der Waals surface area contributed by atoms with Crippen molar-refractivity contribution < 1.29 is 9.90 Å². The van der Waals surface area contributed by atoms with Gasteiger partial charge in [-0.1, -0.05) is 6.07 Å². The molecule has 0 radical (unpaired) electrons. The van der Waals surface area contributed by atoms with E-state index in [1.165, 1.54) is 18.4 Å². The number of amides is 1. The molecule has 2 aliphatic carbocycles. The predicted octanol–water partition coefficient (Wildman–Crippen LogP) is 2.50. The number of pyridine rings is 1. The zero-order valence-electron chi connectivity index (χ0n) is 14.2. The lowest BCUT2D eigenvalue weighted by Gasteiger charge is -2.31. The Hall–Kier alpha value is -2.36. The molecule has 0 aromatic carbocycles. The van der Waals surface area contributed by atoms with Crippen molar-refractivity contribution in [2.75, 3.05) is 13.2 Å². The lowest BCUT2D eigenvalue weighted by Crippen LogP contribution is -2.33. The number of allylic oxidation sites excluding steroid dienone is 1. The van der Waals surface area contributed by atoms with Crippen molar-refractivity contribution in [2.24, 2.45) is 11.8 Å². The van der Waals surface area contributed by atoms with Crippen LogP contribution in [0.3, 0.4) is 0 Å². The lowest BCUT2D eigenvalue weighted by atomic mass is 9.75. The Kier molecular flexibility index (Phi) is 4.43. The summed E-state index contributed by atoms with van der Waals surface area (Å²) >= 11 is 0. The van der Waals surface area contributed by atoms with E-state index >= 15 is 0 Å². The molecule has 0 saturated heterocycles. The van der Waals surface area contributed by atoms with Crippen molar-refractivity contribution in [3.8, 4) is 0 Å². The molecule has 2 atom stereocenters. The highest BCUT2D eigenvalue weighted by atomic mass is 16.3. The quantitative estimate of drug-likeness (QED) is 0.824. The third-order valence-electron chi connectivity index (χ3n) is 5.19. The second-order valence-electron chi connectivity index (χ2n) is 7.12. The molecule has 2 heterocycles. The average Bonchev–Trinajstić information content (AvgIpc) is 3.02. The van der Waals surface area contributed by atoms with Crippen molar-refractivity contribution in [1.29, 1.82) is 0 Å². The second kappa shape index (κ2) is 6.87. The number of nitrogens with zero attached hydrogens (tertiary/aromatic N) is 2. The van der Waals surface area contributed by atoms with E-state index in [9.17, 15) is 4.79 Å². The van der Waals surface area contributed by atoms with Gasteiger partial charge in [-0.15, -0.1) is 5.73 Å². The van der Waals surface area contributed by atoms with E-state index in [-0.39, 0.29) is 12.5 Å². The Balaban J connectivity index is 1.46. The first-order valence-electron chi connectivity index (χ1n) is 9.02. The number of rotatable bonds is 5. The highest BCUT2D eigenvalue weighted by Crippen LogP contribution is 2.36. The number of hydrogen-bond donors (Lipinski definition) is 2. The molecular weight excluding hydrogens is 314 g/mol. The van der Waals surface area contributed by atoms with E-state index in [4.69, 9.17) is 5.11 Å². The highest BCUT2D eigenvalue weighted by molar-refractivity contribution is 5.93. The average molecular weight is 337 g/mol. The van der Waals surface area contributed by atoms with Gasteiger partial charge in [0, 0.05) is 25.8 Å². The first kappa shape index (κ1) is 16.1. The van der Waals surface area contributed by atoms with Gasteiger partial charge in [0.25, 0.3) is 5.91 Å². The first-order valence-corrected chi connectivity index (χ1v) is 9.02. The fourth-order valence-electron chi connectivity index (χ4n) is 4.05. The maximum absolute atomic E-state index is 12.7. The number of aliphatic hydroxyl groups excluding tert-OH is 1. The maximum Gasteiger partial charge on any atom is 0.268 e. The number of fused-ring (bicyclic) bond motifs is 3. The summed E-state index contributed by atoms with van der Waals surface area (Å²) in [6, 6.07) is 5.53. The minimum absolute atomic E-state index is 0.0541. The van der Waals surface area contributed by atoms with Crippen LogP contribution < -0.4 is 5.32 Å². The van der Waals surface area contributed by atoms with Gasteiger partial charge in [-0.2, -0.15) is 0 Å². The molecule has 2 aliphatic rings. The van der Waals surface area contributed by atoms with E-state index in [2.05, 4.69) is 22.1 Å². The number of hydrogen-bond acceptors (Lipinski definition) is 3. The van der Waals surface area contributed by atoms with Crippen LogP contribution in [0.5, 0.6) is 0 Å². The van der Waals surface area contributed by atoms with E-state index in [1.807, 2.05) is 24.4 Å². The van der Waals surface area contributed by atoms with Gasteiger partial charge in [0.2, 0.25) is 0 Å².